The fourth-order valence-corrected chi connectivity index (χ4v) is 2.05. The molecule has 0 radical (unpaired) electrons. The molecule has 2 heterocycles. The second kappa shape index (κ2) is 7.03. The monoisotopic (exact) mass is 273 g/mol. The summed E-state index contributed by atoms with van der Waals surface area (Å²) in [5, 5.41) is 3.35. The van der Waals surface area contributed by atoms with Crippen LogP contribution in [0, 0.1) is 0 Å². The molecule has 2 aromatic heterocycles. The van der Waals surface area contributed by atoms with Gasteiger partial charge in [-0.25, -0.2) is 15.0 Å². The highest BCUT2D eigenvalue weighted by Gasteiger charge is 2.07. The zero-order chi connectivity index (χ0) is 14.4. The summed E-state index contributed by atoms with van der Waals surface area (Å²) in [6.45, 7) is 5.23. The first-order valence-electron chi connectivity index (χ1n) is 7.29. The van der Waals surface area contributed by atoms with Gasteiger partial charge in [0.1, 0.15) is 17.5 Å². The first kappa shape index (κ1) is 14.5. The molecule has 0 saturated heterocycles. The van der Waals surface area contributed by atoms with E-state index in [1.807, 2.05) is 30.1 Å². The van der Waals surface area contributed by atoms with Gasteiger partial charge in [0.25, 0.3) is 0 Å². The largest absolute Gasteiger partial charge is 0.370 e. The van der Waals surface area contributed by atoms with Crippen LogP contribution in [0.15, 0.2) is 18.5 Å². The van der Waals surface area contributed by atoms with E-state index in [9.17, 15) is 0 Å². The minimum absolute atomic E-state index is 0.740. The molecule has 108 valence electrons. The summed E-state index contributed by atoms with van der Waals surface area (Å²) in [6, 6.07) is 2.03. The fourth-order valence-electron chi connectivity index (χ4n) is 2.05. The van der Waals surface area contributed by atoms with E-state index in [2.05, 4.69) is 34.1 Å². The number of aromatic nitrogens is 4. The molecule has 0 aromatic carbocycles. The highest BCUT2D eigenvalue weighted by Crippen LogP contribution is 2.12. The van der Waals surface area contributed by atoms with E-state index >= 15 is 0 Å². The molecule has 0 aliphatic carbocycles. The minimum atomic E-state index is 0.740. The van der Waals surface area contributed by atoms with E-state index < -0.39 is 0 Å². The number of anilines is 1. The van der Waals surface area contributed by atoms with E-state index in [-0.39, 0.29) is 0 Å². The summed E-state index contributed by atoms with van der Waals surface area (Å²) in [6.07, 6.45) is 7.57. The number of nitrogens with one attached hydrogen (secondary N) is 1. The van der Waals surface area contributed by atoms with Gasteiger partial charge in [0.15, 0.2) is 0 Å². The van der Waals surface area contributed by atoms with Gasteiger partial charge in [-0.3, -0.25) is 0 Å². The third-order valence-corrected chi connectivity index (χ3v) is 3.12. The van der Waals surface area contributed by atoms with Crippen molar-refractivity contribution in [2.45, 2.75) is 39.5 Å². The number of rotatable bonds is 7. The Balaban J connectivity index is 2.21. The van der Waals surface area contributed by atoms with Crippen molar-refractivity contribution in [3.8, 4) is 0 Å². The Labute approximate surface area is 120 Å². The zero-order valence-corrected chi connectivity index (χ0v) is 12.6. The maximum absolute atomic E-state index is 4.64. The Kier molecular flexibility index (Phi) is 5.09. The predicted octanol–water partition coefficient (Wildman–Crippen LogP) is 2.58. The quantitative estimate of drug-likeness (QED) is 0.842. The third kappa shape index (κ3) is 3.79. The molecule has 2 rings (SSSR count). The SMILES string of the molecule is CCCNc1cc(Cc2nccn2C)nc(CCC)n1. The van der Waals surface area contributed by atoms with Gasteiger partial charge >= 0.3 is 0 Å². The molecule has 0 aliphatic rings. The molecule has 0 saturated carbocycles. The Hall–Kier alpha value is -1.91. The van der Waals surface area contributed by atoms with Crippen molar-refractivity contribution >= 4 is 5.82 Å². The van der Waals surface area contributed by atoms with Crippen LogP contribution in [-0.2, 0) is 19.9 Å². The molecule has 1 N–H and O–H groups in total. The lowest BCUT2D eigenvalue weighted by Gasteiger charge is -2.09. The minimum Gasteiger partial charge on any atom is -0.370 e. The lowest BCUT2D eigenvalue weighted by atomic mass is 10.2. The van der Waals surface area contributed by atoms with Gasteiger partial charge in [0, 0.05) is 44.9 Å². The molecule has 0 amide bonds. The van der Waals surface area contributed by atoms with Crippen LogP contribution in [0.25, 0.3) is 0 Å². The van der Waals surface area contributed by atoms with Crippen LogP contribution in [0.3, 0.4) is 0 Å². The zero-order valence-electron chi connectivity index (χ0n) is 12.6. The molecule has 5 nitrogen and oxygen atoms in total. The summed E-state index contributed by atoms with van der Waals surface area (Å²) in [5.41, 5.74) is 1.02. The first-order chi connectivity index (χ1) is 9.72. The van der Waals surface area contributed by atoms with Crippen LogP contribution >= 0.6 is 0 Å². The molecule has 0 aliphatic heterocycles. The highest BCUT2D eigenvalue weighted by atomic mass is 15.0. The standard InChI is InChI=1S/C15H23N5/c1-4-6-13-18-12(10-14(19-13)16-7-5-2)11-15-17-8-9-20(15)3/h8-10H,4-7,11H2,1-3H3,(H,16,18,19). The Morgan fingerprint density at radius 1 is 1.20 bits per heavy atom. The lowest BCUT2D eigenvalue weighted by Crippen LogP contribution is -2.09. The topological polar surface area (TPSA) is 55.6 Å². The molecule has 0 spiro atoms. The van der Waals surface area contributed by atoms with E-state index in [1.54, 1.807) is 0 Å². The smallest absolute Gasteiger partial charge is 0.131 e. The lowest BCUT2D eigenvalue weighted by molar-refractivity contribution is 0.782. The number of hydrogen-bond acceptors (Lipinski definition) is 4. The van der Waals surface area contributed by atoms with Crippen molar-refractivity contribution < 1.29 is 0 Å². The summed E-state index contributed by atoms with van der Waals surface area (Å²) < 4.78 is 2.03. The van der Waals surface area contributed by atoms with E-state index in [0.717, 1.165) is 55.4 Å². The molecule has 0 atom stereocenters. The van der Waals surface area contributed by atoms with Crippen molar-refractivity contribution in [2.75, 3.05) is 11.9 Å². The average Bonchev–Trinajstić information content (AvgIpc) is 2.82. The third-order valence-electron chi connectivity index (χ3n) is 3.12. The molecule has 0 bridgehead atoms. The van der Waals surface area contributed by atoms with Crippen LogP contribution < -0.4 is 5.32 Å². The van der Waals surface area contributed by atoms with Gasteiger partial charge in [-0.2, -0.15) is 0 Å². The molecule has 2 aromatic rings. The Bertz CT molecular complexity index is 547. The average molecular weight is 273 g/mol. The Morgan fingerprint density at radius 3 is 2.70 bits per heavy atom. The molecular weight excluding hydrogens is 250 g/mol. The van der Waals surface area contributed by atoms with Crippen molar-refractivity contribution in [3.63, 3.8) is 0 Å². The molecule has 0 fully saturated rings. The van der Waals surface area contributed by atoms with Gasteiger partial charge in [-0.05, 0) is 12.8 Å². The second-order valence-electron chi connectivity index (χ2n) is 4.97. The summed E-state index contributed by atoms with van der Waals surface area (Å²) in [7, 11) is 2.01. The van der Waals surface area contributed by atoms with Crippen LogP contribution in [0.1, 0.15) is 44.0 Å². The van der Waals surface area contributed by atoms with Crippen LogP contribution in [0.2, 0.25) is 0 Å². The van der Waals surface area contributed by atoms with Gasteiger partial charge in [0.05, 0.1) is 5.69 Å². The van der Waals surface area contributed by atoms with Gasteiger partial charge in [-0.15, -0.1) is 0 Å². The summed E-state index contributed by atoms with van der Waals surface area (Å²) in [5.74, 6) is 2.86. The number of imidazole rings is 1. The van der Waals surface area contributed by atoms with Crippen molar-refractivity contribution in [1.29, 1.82) is 0 Å². The predicted molar refractivity (Wildman–Crippen MR) is 80.8 cm³/mol. The van der Waals surface area contributed by atoms with Crippen LogP contribution in [-0.4, -0.2) is 26.1 Å². The number of aryl methyl sites for hydroxylation is 2. The number of nitrogens with zero attached hydrogens (tertiary/aromatic N) is 4. The maximum Gasteiger partial charge on any atom is 0.131 e. The van der Waals surface area contributed by atoms with E-state index in [1.165, 1.54) is 0 Å². The maximum atomic E-state index is 4.64. The van der Waals surface area contributed by atoms with Crippen LogP contribution in [0.5, 0.6) is 0 Å². The normalized spacial score (nSPS) is 10.8. The van der Waals surface area contributed by atoms with Gasteiger partial charge in [-0.1, -0.05) is 13.8 Å². The second-order valence-corrected chi connectivity index (χ2v) is 4.97. The molecule has 20 heavy (non-hydrogen) atoms. The molecular formula is C15H23N5. The molecule has 0 unspecified atom stereocenters. The fraction of sp³-hybridized carbons (Fsp3) is 0.533. The van der Waals surface area contributed by atoms with E-state index in [0.29, 0.717) is 0 Å². The van der Waals surface area contributed by atoms with Crippen molar-refractivity contribution in [1.82, 2.24) is 19.5 Å². The Morgan fingerprint density at radius 2 is 2.05 bits per heavy atom. The van der Waals surface area contributed by atoms with Crippen molar-refractivity contribution in [2.24, 2.45) is 7.05 Å². The molecule has 5 heteroatoms. The van der Waals surface area contributed by atoms with Gasteiger partial charge < -0.3 is 9.88 Å². The highest BCUT2D eigenvalue weighted by molar-refractivity contribution is 5.36. The van der Waals surface area contributed by atoms with Gasteiger partial charge in [0.2, 0.25) is 0 Å². The van der Waals surface area contributed by atoms with E-state index in [4.69, 9.17) is 0 Å². The first-order valence-corrected chi connectivity index (χ1v) is 7.29. The summed E-state index contributed by atoms with van der Waals surface area (Å²) >= 11 is 0. The summed E-state index contributed by atoms with van der Waals surface area (Å²) in [4.78, 5) is 13.6. The van der Waals surface area contributed by atoms with Crippen molar-refractivity contribution in [3.05, 3.63) is 35.8 Å². The number of hydrogen-bond donors (Lipinski definition) is 1. The van der Waals surface area contributed by atoms with Crippen LogP contribution in [0.4, 0.5) is 5.82 Å².